The quantitative estimate of drug-likeness (QED) is 0.0509. The molecule has 0 heterocycles. The van der Waals surface area contributed by atoms with Crippen LogP contribution in [0.4, 0.5) is 27.5 Å². The summed E-state index contributed by atoms with van der Waals surface area (Å²) in [5, 5.41) is 30.4. The molecule has 2 amide bonds. The van der Waals surface area contributed by atoms with Gasteiger partial charge in [-0.05, 0) is 107 Å². The third kappa shape index (κ3) is 9.99. The van der Waals surface area contributed by atoms with E-state index in [2.05, 4.69) is 31.7 Å². The Balaban J connectivity index is 1.18. The molecule has 0 aliphatic heterocycles. The van der Waals surface area contributed by atoms with Crippen molar-refractivity contribution in [1.29, 1.82) is 0 Å². The molecule has 2 aliphatic carbocycles. The molecule has 0 aromatic heterocycles. The molecule has 0 atom stereocenters. The standard InChI is InChI=1S/C39H28N6O13S2/c46-33(47)15-5-21-1-7-25(8-2-21)42-44-35-31(59(53,54)55)19-23-17-27(11-13-29(23)37(35)50)40-39(52)41-28-12-14-30-24(18-28)20-32(60(56,57)58)36(38(30)51)45-43-26-9-3-22(4-10-26)6-16-34(48)49/h1-20,42-43H,(H,46,47)(H,48,49)(H2,40,41,52)(H,53,54,55)(H,56,57,58)/b15-5+,16-6+,44-35+,45-36+. The average molecular weight is 853 g/mol. The van der Waals surface area contributed by atoms with E-state index in [9.17, 15) is 49.9 Å². The minimum absolute atomic E-state index is 0.00554. The molecule has 304 valence electrons. The van der Waals surface area contributed by atoms with Crippen molar-refractivity contribution in [2.75, 3.05) is 21.5 Å². The molecule has 19 nitrogen and oxygen atoms in total. The summed E-state index contributed by atoms with van der Waals surface area (Å²) < 4.78 is 69.3. The maximum absolute atomic E-state index is 13.4. The van der Waals surface area contributed by atoms with Crippen molar-refractivity contribution in [3.05, 3.63) is 140 Å². The highest BCUT2D eigenvalue weighted by atomic mass is 32.2. The number of aliphatic carboxylic acids is 2. The van der Waals surface area contributed by atoms with Crippen molar-refractivity contribution in [3.63, 3.8) is 0 Å². The number of amides is 2. The zero-order chi connectivity index (χ0) is 43.4. The monoisotopic (exact) mass is 852 g/mol. The number of carbonyl (C=O) groups excluding carboxylic acids is 3. The highest BCUT2D eigenvalue weighted by Gasteiger charge is 2.34. The summed E-state index contributed by atoms with van der Waals surface area (Å²) in [4.78, 5) is 59.7. The number of carboxylic acid groups (broad SMARTS) is 2. The van der Waals surface area contributed by atoms with E-state index >= 15 is 0 Å². The fraction of sp³-hybridized carbons (Fsp3) is 0. The summed E-state index contributed by atoms with van der Waals surface area (Å²) in [7, 11) is -10.0. The SMILES string of the molecule is O=C(O)/C=C/c1ccc(N/N=C2/C(=O)c3ccc(NC(=O)Nc4ccc5c(c4)C=C(S(=O)(=O)O)/C(=N\Nc4ccc(/C=C/C(=O)O)cc4)C5=O)cc3C=C2S(=O)(=O)O)cc1. The zero-order valence-electron chi connectivity index (χ0n) is 30.2. The summed E-state index contributed by atoms with van der Waals surface area (Å²) in [6.07, 6.45) is 6.53. The van der Waals surface area contributed by atoms with Gasteiger partial charge in [-0.15, -0.1) is 0 Å². The predicted octanol–water partition coefficient (Wildman–Crippen LogP) is 5.31. The molecule has 0 spiro atoms. The number of nitrogens with one attached hydrogen (secondary N) is 4. The first-order chi connectivity index (χ1) is 28.3. The molecule has 4 aromatic carbocycles. The minimum Gasteiger partial charge on any atom is -0.478 e. The van der Waals surface area contributed by atoms with E-state index in [1.54, 1.807) is 0 Å². The summed E-state index contributed by atoms with van der Waals surface area (Å²) in [6.45, 7) is 0. The van der Waals surface area contributed by atoms with Gasteiger partial charge in [0.2, 0.25) is 11.6 Å². The lowest BCUT2D eigenvalue weighted by Crippen LogP contribution is -2.27. The number of ketones is 2. The first kappa shape index (κ1) is 41.8. The van der Waals surface area contributed by atoms with Gasteiger partial charge < -0.3 is 20.8 Å². The molecular weight excluding hydrogens is 825 g/mol. The summed E-state index contributed by atoms with van der Waals surface area (Å²) in [5.41, 5.74) is 5.59. The first-order valence-electron chi connectivity index (χ1n) is 16.9. The number of fused-ring (bicyclic) bond motifs is 2. The normalized spacial score (nSPS) is 15.3. The predicted molar refractivity (Wildman–Crippen MR) is 222 cm³/mol. The molecule has 8 N–H and O–H groups in total. The molecule has 0 bridgehead atoms. The summed E-state index contributed by atoms with van der Waals surface area (Å²) in [6, 6.07) is 19.0. The average Bonchev–Trinajstić information content (AvgIpc) is 3.18. The lowest BCUT2D eigenvalue weighted by Gasteiger charge is -2.18. The lowest BCUT2D eigenvalue weighted by molar-refractivity contribution is -0.132. The highest BCUT2D eigenvalue weighted by molar-refractivity contribution is 7.91. The Bertz CT molecular complexity index is 2720. The van der Waals surface area contributed by atoms with Crippen LogP contribution in [-0.2, 0) is 29.8 Å². The second-order valence-corrected chi connectivity index (χ2v) is 15.3. The fourth-order valence-electron chi connectivity index (χ4n) is 5.64. The second-order valence-electron chi connectivity index (χ2n) is 12.5. The van der Waals surface area contributed by atoms with Gasteiger partial charge in [0, 0.05) is 34.7 Å². The number of hydrogen-bond acceptors (Lipinski definition) is 13. The third-order valence-electron chi connectivity index (χ3n) is 8.39. The number of anilines is 4. The van der Waals surface area contributed by atoms with Crippen molar-refractivity contribution in [2.45, 2.75) is 0 Å². The Morgan fingerprint density at radius 2 is 0.883 bits per heavy atom. The van der Waals surface area contributed by atoms with Gasteiger partial charge in [-0.25, -0.2) is 14.4 Å². The van der Waals surface area contributed by atoms with Gasteiger partial charge in [0.05, 0.1) is 11.4 Å². The van der Waals surface area contributed by atoms with Gasteiger partial charge in [-0.3, -0.25) is 29.5 Å². The van der Waals surface area contributed by atoms with Crippen molar-refractivity contribution in [3.8, 4) is 0 Å². The van der Waals surface area contributed by atoms with Crippen LogP contribution in [0.3, 0.4) is 0 Å². The Morgan fingerprint density at radius 3 is 1.22 bits per heavy atom. The van der Waals surface area contributed by atoms with E-state index in [-0.39, 0.29) is 33.6 Å². The van der Waals surface area contributed by atoms with Crippen LogP contribution in [0.5, 0.6) is 0 Å². The molecular formula is C39H28N6O13S2. The van der Waals surface area contributed by atoms with Crippen molar-refractivity contribution in [2.24, 2.45) is 10.2 Å². The minimum atomic E-state index is -5.01. The number of hydrogen-bond donors (Lipinski definition) is 8. The van der Waals surface area contributed by atoms with E-state index in [1.165, 1.54) is 97.1 Å². The van der Waals surface area contributed by atoms with Crippen LogP contribution < -0.4 is 21.5 Å². The lowest BCUT2D eigenvalue weighted by atomic mass is 9.94. The molecule has 0 saturated carbocycles. The second kappa shape index (κ2) is 16.9. The Labute approximate surface area is 339 Å². The summed E-state index contributed by atoms with van der Waals surface area (Å²) >= 11 is 0. The smallest absolute Gasteiger partial charge is 0.328 e. The zero-order valence-corrected chi connectivity index (χ0v) is 31.9. The number of hydrazone groups is 2. The van der Waals surface area contributed by atoms with Gasteiger partial charge in [0.15, 0.2) is 11.4 Å². The molecule has 0 saturated heterocycles. The molecule has 6 rings (SSSR count). The Kier molecular flexibility index (Phi) is 11.8. The van der Waals surface area contributed by atoms with Crippen LogP contribution in [0, 0.1) is 0 Å². The Hall–Kier alpha value is -7.85. The maximum atomic E-state index is 13.4. The maximum Gasteiger partial charge on any atom is 0.328 e. The van der Waals surface area contributed by atoms with Gasteiger partial charge in [-0.2, -0.15) is 27.0 Å². The molecule has 2 aliphatic rings. The molecule has 60 heavy (non-hydrogen) atoms. The van der Waals surface area contributed by atoms with Crippen molar-refractivity contribution in [1.82, 2.24) is 0 Å². The Morgan fingerprint density at radius 1 is 0.533 bits per heavy atom. The van der Waals surface area contributed by atoms with Crippen LogP contribution in [0.15, 0.2) is 117 Å². The molecule has 0 fully saturated rings. The van der Waals surface area contributed by atoms with Crippen LogP contribution in [-0.4, -0.2) is 77.1 Å². The summed E-state index contributed by atoms with van der Waals surface area (Å²) in [5.74, 6) is -4.05. The molecule has 0 radical (unpaired) electrons. The number of benzene rings is 4. The molecule has 0 unspecified atom stereocenters. The van der Waals surface area contributed by atoms with Gasteiger partial charge in [-0.1, -0.05) is 24.3 Å². The number of urea groups is 1. The first-order valence-corrected chi connectivity index (χ1v) is 19.8. The number of rotatable bonds is 12. The topological polar surface area (TPSA) is 307 Å². The van der Waals surface area contributed by atoms with E-state index in [1.807, 2.05) is 0 Å². The van der Waals surface area contributed by atoms with Gasteiger partial charge in [0.25, 0.3) is 20.2 Å². The van der Waals surface area contributed by atoms with Gasteiger partial charge in [0.1, 0.15) is 9.81 Å². The van der Waals surface area contributed by atoms with E-state index in [0.29, 0.717) is 22.5 Å². The van der Waals surface area contributed by atoms with Crippen molar-refractivity contribution >= 4 is 108 Å². The number of carbonyl (C=O) groups is 5. The van der Waals surface area contributed by atoms with Crippen LogP contribution in [0.25, 0.3) is 24.3 Å². The third-order valence-corrected chi connectivity index (χ3v) is 10.1. The fourth-order valence-corrected chi connectivity index (χ4v) is 6.96. The molecule has 21 heteroatoms. The number of carboxylic acids is 2. The highest BCUT2D eigenvalue weighted by Crippen LogP contribution is 2.30. The van der Waals surface area contributed by atoms with Crippen LogP contribution in [0.1, 0.15) is 43.0 Å². The number of Topliss-reactive ketones (excluding diaryl/α,β-unsaturated/α-hetero) is 2. The number of allylic oxidation sites excluding steroid dienone is 2. The van der Waals surface area contributed by atoms with E-state index in [0.717, 1.165) is 24.3 Å². The van der Waals surface area contributed by atoms with Crippen molar-refractivity contribution < 1.29 is 60.1 Å². The van der Waals surface area contributed by atoms with E-state index < -0.39 is 71.0 Å². The van der Waals surface area contributed by atoms with E-state index in [4.69, 9.17) is 10.2 Å². The largest absolute Gasteiger partial charge is 0.478 e. The van der Waals surface area contributed by atoms with Crippen LogP contribution >= 0.6 is 0 Å². The molecule has 4 aromatic rings. The number of nitrogens with zero attached hydrogens (tertiary/aromatic N) is 2. The van der Waals surface area contributed by atoms with Gasteiger partial charge >= 0.3 is 18.0 Å². The van der Waals surface area contributed by atoms with Crippen LogP contribution in [0.2, 0.25) is 0 Å².